The van der Waals surface area contributed by atoms with Crippen molar-refractivity contribution in [1.82, 2.24) is 0 Å². The number of carbonyl (C=O) groups is 1. The molecule has 0 heterocycles. The normalized spacial score (nSPS) is 10.4. The average molecular weight is 330 g/mol. The van der Waals surface area contributed by atoms with E-state index in [0.29, 0.717) is 5.56 Å². The molecule has 120 valence electrons. The van der Waals surface area contributed by atoms with Crippen LogP contribution in [-0.2, 0) is 4.79 Å². The number of benzene rings is 2. The Morgan fingerprint density at radius 1 is 1.13 bits per heavy atom. The number of para-hydroxylation sites is 1. The van der Waals surface area contributed by atoms with Crippen LogP contribution in [0.15, 0.2) is 41.3 Å². The van der Waals surface area contributed by atoms with Gasteiger partial charge in [0.1, 0.15) is 5.69 Å². The third-order valence-corrected chi connectivity index (χ3v) is 4.55. The lowest BCUT2D eigenvalue weighted by atomic mass is 10.1. The maximum atomic E-state index is 12.1. The van der Waals surface area contributed by atoms with Crippen molar-refractivity contribution in [1.29, 1.82) is 0 Å². The van der Waals surface area contributed by atoms with Crippen LogP contribution in [0.4, 0.5) is 11.4 Å². The van der Waals surface area contributed by atoms with E-state index in [1.54, 1.807) is 19.1 Å². The van der Waals surface area contributed by atoms with Crippen LogP contribution in [0.3, 0.4) is 0 Å². The SMILES string of the molecule is Cc1ccc(SCC(=O)Nc2c(C)cccc2[N+](=O)[O-])cc1C. The van der Waals surface area contributed by atoms with E-state index in [-0.39, 0.29) is 23.0 Å². The van der Waals surface area contributed by atoms with E-state index in [4.69, 9.17) is 0 Å². The Labute approximate surface area is 139 Å². The third-order valence-electron chi connectivity index (χ3n) is 3.56. The van der Waals surface area contributed by atoms with Gasteiger partial charge in [0.15, 0.2) is 0 Å². The van der Waals surface area contributed by atoms with Crippen LogP contribution < -0.4 is 5.32 Å². The summed E-state index contributed by atoms with van der Waals surface area (Å²) in [7, 11) is 0. The number of nitro groups is 1. The van der Waals surface area contributed by atoms with Crippen LogP contribution in [0.1, 0.15) is 16.7 Å². The van der Waals surface area contributed by atoms with E-state index in [2.05, 4.69) is 5.32 Å². The van der Waals surface area contributed by atoms with Gasteiger partial charge < -0.3 is 5.32 Å². The first kappa shape index (κ1) is 17.0. The van der Waals surface area contributed by atoms with Gasteiger partial charge in [-0.05, 0) is 49.6 Å². The number of amides is 1. The number of nitro benzene ring substituents is 1. The molecule has 1 amide bonds. The summed E-state index contributed by atoms with van der Waals surface area (Å²) in [6.07, 6.45) is 0. The van der Waals surface area contributed by atoms with Crippen molar-refractivity contribution in [2.75, 3.05) is 11.1 Å². The molecule has 0 fully saturated rings. The molecule has 0 bridgehead atoms. The molecule has 0 aliphatic rings. The van der Waals surface area contributed by atoms with E-state index in [0.717, 1.165) is 4.90 Å². The molecule has 0 spiro atoms. The number of aryl methyl sites for hydroxylation is 3. The molecule has 2 rings (SSSR count). The molecule has 0 aliphatic heterocycles. The van der Waals surface area contributed by atoms with E-state index in [1.165, 1.54) is 29.0 Å². The highest BCUT2D eigenvalue weighted by Gasteiger charge is 2.17. The Bertz CT molecular complexity index is 759. The number of thioether (sulfide) groups is 1. The lowest BCUT2D eigenvalue weighted by molar-refractivity contribution is -0.384. The van der Waals surface area contributed by atoms with E-state index in [1.807, 2.05) is 32.0 Å². The number of carbonyl (C=O) groups excluding carboxylic acids is 1. The van der Waals surface area contributed by atoms with Crippen LogP contribution in [-0.4, -0.2) is 16.6 Å². The topological polar surface area (TPSA) is 72.2 Å². The van der Waals surface area contributed by atoms with E-state index in [9.17, 15) is 14.9 Å². The van der Waals surface area contributed by atoms with Gasteiger partial charge in [-0.25, -0.2) is 0 Å². The zero-order valence-electron chi connectivity index (χ0n) is 13.3. The van der Waals surface area contributed by atoms with Gasteiger partial charge in [-0.2, -0.15) is 0 Å². The Kier molecular flexibility index (Phi) is 5.39. The van der Waals surface area contributed by atoms with Crippen LogP contribution in [0.25, 0.3) is 0 Å². The lowest BCUT2D eigenvalue weighted by Crippen LogP contribution is -2.16. The molecule has 2 aromatic carbocycles. The van der Waals surface area contributed by atoms with Gasteiger partial charge in [0.25, 0.3) is 5.69 Å². The Hall–Kier alpha value is -2.34. The predicted octanol–water partition coefficient (Wildman–Crippen LogP) is 4.25. The molecule has 5 nitrogen and oxygen atoms in total. The molecule has 6 heteroatoms. The first-order valence-corrected chi connectivity index (χ1v) is 8.11. The van der Waals surface area contributed by atoms with Gasteiger partial charge in [0.05, 0.1) is 10.7 Å². The van der Waals surface area contributed by atoms with Gasteiger partial charge in [-0.3, -0.25) is 14.9 Å². The van der Waals surface area contributed by atoms with Crippen molar-refractivity contribution in [3.05, 3.63) is 63.2 Å². The fourth-order valence-electron chi connectivity index (χ4n) is 2.10. The first-order chi connectivity index (χ1) is 10.9. The monoisotopic (exact) mass is 330 g/mol. The van der Waals surface area contributed by atoms with Crippen molar-refractivity contribution >= 4 is 29.0 Å². The van der Waals surface area contributed by atoms with Gasteiger partial charge in [-0.15, -0.1) is 11.8 Å². The summed E-state index contributed by atoms with van der Waals surface area (Å²) in [5.74, 6) is -0.0563. The van der Waals surface area contributed by atoms with Crippen molar-refractivity contribution in [2.24, 2.45) is 0 Å². The summed E-state index contributed by atoms with van der Waals surface area (Å²) in [5.41, 5.74) is 3.22. The second kappa shape index (κ2) is 7.28. The van der Waals surface area contributed by atoms with Gasteiger partial charge in [-0.1, -0.05) is 18.2 Å². The molecule has 0 saturated heterocycles. The minimum absolute atomic E-state index is 0.0884. The van der Waals surface area contributed by atoms with Crippen LogP contribution in [0.5, 0.6) is 0 Å². The Morgan fingerprint density at radius 3 is 2.52 bits per heavy atom. The first-order valence-electron chi connectivity index (χ1n) is 7.12. The number of anilines is 1. The summed E-state index contributed by atoms with van der Waals surface area (Å²) >= 11 is 1.41. The van der Waals surface area contributed by atoms with E-state index >= 15 is 0 Å². The molecule has 0 radical (unpaired) electrons. The van der Waals surface area contributed by atoms with Gasteiger partial charge >= 0.3 is 0 Å². The zero-order chi connectivity index (χ0) is 17.0. The fraction of sp³-hybridized carbons (Fsp3) is 0.235. The highest BCUT2D eigenvalue weighted by atomic mass is 32.2. The minimum atomic E-state index is -0.487. The molecule has 23 heavy (non-hydrogen) atoms. The van der Waals surface area contributed by atoms with Crippen molar-refractivity contribution < 1.29 is 9.72 Å². The second-order valence-corrected chi connectivity index (χ2v) is 6.36. The zero-order valence-corrected chi connectivity index (χ0v) is 14.1. The van der Waals surface area contributed by atoms with Crippen LogP contribution in [0.2, 0.25) is 0 Å². The average Bonchev–Trinajstić information content (AvgIpc) is 2.50. The maximum absolute atomic E-state index is 12.1. The highest BCUT2D eigenvalue weighted by Crippen LogP contribution is 2.28. The Morgan fingerprint density at radius 2 is 1.87 bits per heavy atom. The van der Waals surface area contributed by atoms with Crippen molar-refractivity contribution in [3.63, 3.8) is 0 Å². The second-order valence-electron chi connectivity index (χ2n) is 5.31. The standard InChI is InChI=1S/C17H18N2O3S/c1-11-7-8-14(9-13(11)3)23-10-16(20)18-17-12(2)5-4-6-15(17)19(21)22/h4-9H,10H2,1-3H3,(H,18,20). The third kappa shape index (κ3) is 4.32. The minimum Gasteiger partial charge on any atom is -0.319 e. The molecule has 0 saturated carbocycles. The molecule has 1 N–H and O–H groups in total. The molecular weight excluding hydrogens is 312 g/mol. The molecule has 0 aromatic heterocycles. The molecule has 0 unspecified atom stereocenters. The summed E-state index contributed by atoms with van der Waals surface area (Å²) in [5, 5.41) is 13.7. The molecule has 0 atom stereocenters. The number of hydrogen-bond donors (Lipinski definition) is 1. The van der Waals surface area contributed by atoms with Gasteiger partial charge in [0.2, 0.25) is 5.91 Å². The molecular formula is C17H18N2O3S. The van der Waals surface area contributed by atoms with Gasteiger partial charge in [0, 0.05) is 11.0 Å². The fourth-order valence-corrected chi connectivity index (χ4v) is 2.89. The van der Waals surface area contributed by atoms with E-state index < -0.39 is 4.92 Å². The molecule has 0 aliphatic carbocycles. The lowest BCUT2D eigenvalue weighted by Gasteiger charge is -2.09. The summed E-state index contributed by atoms with van der Waals surface area (Å²) in [6, 6.07) is 10.7. The number of rotatable bonds is 5. The Balaban J connectivity index is 2.05. The number of nitrogens with zero attached hydrogens (tertiary/aromatic N) is 1. The summed E-state index contributed by atoms with van der Waals surface area (Å²) in [4.78, 5) is 23.7. The quantitative estimate of drug-likeness (QED) is 0.505. The number of hydrogen-bond acceptors (Lipinski definition) is 4. The predicted molar refractivity (Wildman–Crippen MR) is 93.1 cm³/mol. The van der Waals surface area contributed by atoms with Crippen LogP contribution in [0, 0.1) is 30.9 Å². The maximum Gasteiger partial charge on any atom is 0.293 e. The van der Waals surface area contributed by atoms with Crippen molar-refractivity contribution in [3.8, 4) is 0 Å². The van der Waals surface area contributed by atoms with Crippen LogP contribution >= 0.6 is 11.8 Å². The summed E-state index contributed by atoms with van der Waals surface area (Å²) in [6.45, 7) is 5.79. The smallest absolute Gasteiger partial charge is 0.293 e. The number of nitrogens with one attached hydrogen (secondary N) is 1. The summed E-state index contributed by atoms with van der Waals surface area (Å²) < 4.78 is 0. The molecule has 2 aromatic rings. The highest BCUT2D eigenvalue weighted by molar-refractivity contribution is 8.00. The largest absolute Gasteiger partial charge is 0.319 e. The van der Waals surface area contributed by atoms with Crippen molar-refractivity contribution in [2.45, 2.75) is 25.7 Å².